The highest BCUT2D eigenvalue weighted by atomic mass is 19.1. The highest BCUT2D eigenvalue weighted by molar-refractivity contribution is 5.60. The summed E-state index contributed by atoms with van der Waals surface area (Å²) in [7, 11) is 0. The van der Waals surface area contributed by atoms with Crippen molar-refractivity contribution in [1.29, 1.82) is 0 Å². The van der Waals surface area contributed by atoms with E-state index in [2.05, 4.69) is 28.3 Å². The van der Waals surface area contributed by atoms with Crippen LogP contribution in [0.5, 0.6) is 0 Å². The Morgan fingerprint density at radius 2 is 1.70 bits per heavy atom. The minimum atomic E-state index is -0.656. The summed E-state index contributed by atoms with van der Waals surface area (Å²) < 4.78 is 27.8. The van der Waals surface area contributed by atoms with Crippen LogP contribution in [0.2, 0.25) is 0 Å². The molecule has 4 rings (SSSR count). The molecule has 2 aromatic rings. The van der Waals surface area contributed by atoms with E-state index in [4.69, 9.17) is 0 Å². The molecule has 1 aromatic heterocycles. The second-order valence-electron chi connectivity index (χ2n) is 6.82. The fourth-order valence-corrected chi connectivity index (χ4v) is 3.30. The maximum atomic E-state index is 13.9. The lowest BCUT2D eigenvalue weighted by atomic mass is 9.91. The van der Waals surface area contributed by atoms with E-state index >= 15 is 0 Å². The van der Waals surface area contributed by atoms with Crippen molar-refractivity contribution in [3.63, 3.8) is 0 Å². The van der Waals surface area contributed by atoms with Crippen LogP contribution in [0, 0.1) is 11.6 Å². The first-order valence-electron chi connectivity index (χ1n) is 8.93. The Bertz CT molecular complexity index is 896. The fraction of sp³-hybridized carbons (Fsp3) is 0.238. The van der Waals surface area contributed by atoms with Gasteiger partial charge in [-0.05, 0) is 43.5 Å². The van der Waals surface area contributed by atoms with Crippen molar-refractivity contribution in [1.82, 2.24) is 20.0 Å². The Balaban J connectivity index is 1.50. The van der Waals surface area contributed by atoms with Crippen molar-refractivity contribution in [2.24, 2.45) is 0 Å². The smallest absolute Gasteiger partial charge is 0.135 e. The number of hydrogen-bond donors (Lipinski definition) is 0. The van der Waals surface area contributed by atoms with E-state index in [1.54, 1.807) is 12.1 Å². The van der Waals surface area contributed by atoms with Crippen molar-refractivity contribution in [3.8, 4) is 11.3 Å². The number of rotatable bonds is 4. The van der Waals surface area contributed by atoms with E-state index < -0.39 is 11.6 Å². The number of nitrogens with zero attached hydrogens (tertiary/aromatic N) is 4. The zero-order valence-electron chi connectivity index (χ0n) is 14.9. The van der Waals surface area contributed by atoms with Gasteiger partial charge in [-0.15, -0.1) is 5.10 Å². The molecule has 27 heavy (non-hydrogen) atoms. The summed E-state index contributed by atoms with van der Waals surface area (Å²) in [5.41, 5.74) is 2.38. The molecule has 0 amide bonds. The molecular formula is C21H20F2N4. The monoisotopic (exact) mass is 366 g/mol. The van der Waals surface area contributed by atoms with Gasteiger partial charge in [0, 0.05) is 18.4 Å². The van der Waals surface area contributed by atoms with Gasteiger partial charge in [0.1, 0.15) is 11.6 Å². The van der Waals surface area contributed by atoms with Crippen LogP contribution in [0.4, 0.5) is 8.78 Å². The van der Waals surface area contributed by atoms with Crippen LogP contribution in [0.25, 0.3) is 11.3 Å². The van der Waals surface area contributed by atoms with Gasteiger partial charge in [-0.1, -0.05) is 19.2 Å². The Hall–Kier alpha value is -3.02. The molecule has 0 atom stereocenters. The van der Waals surface area contributed by atoms with Crippen LogP contribution in [-0.2, 0) is 6.54 Å². The second-order valence-corrected chi connectivity index (χ2v) is 6.82. The average Bonchev–Trinajstić information content (AvgIpc) is 2.61. The first kappa shape index (κ1) is 17.4. The van der Waals surface area contributed by atoms with E-state index in [0.29, 0.717) is 18.3 Å². The summed E-state index contributed by atoms with van der Waals surface area (Å²) in [6, 6.07) is 7.55. The van der Waals surface area contributed by atoms with Crippen LogP contribution in [0.15, 0.2) is 67.3 Å². The van der Waals surface area contributed by atoms with Crippen LogP contribution >= 0.6 is 0 Å². The number of benzene rings is 1. The summed E-state index contributed by atoms with van der Waals surface area (Å²) in [4.78, 5) is 4.13. The van der Waals surface area contributed by atoms with Gasteiger partial charge in [0.2, 0.25) is 0 Å². The Morgan fingerprint density at radius 3 is 2.30 bits per heavy atom. The SMILES string of the molecule is C=C1C(=C)N(C2CCC2)C=CN1Cc1ccc(-c2c(F)cccc2F)nn1. The molecule has 1 saturated carbocycles. The minimum Gasteiger partial charge on any atom is -0.342 e. The molecule has 2 aliphatic rings. The third-order valence-corrected chi connectivity index (χ3v) is 5.14. The van der Waals surface area contributed by atoms with Crippen LogP contribution in [-0.4, -0.2) is 26.0 Å². The van der Waals surface area contributed by atoms with Gasteiger partial charge in [0.25, 0.3) is 0 Å². The van der Waals surface area contributed by atoms with Gasteiger partial charge in [-0.2, -0.15) is 5.10 Å². The predicted octanol–water partition coefficient (Wildman–Crippen LogP) is 4.59. The molecule has 1 aliphatic carbocycles. The molecule has 6 heteroatoms. The van der Waals surface area contributed by atoms with Crippen LogP contribution in [0.1, 0.15) is 25.0 Å². The normalized spacial score (nSPS) is 17.4. The Kier molecular flexibility index (Phi) is 4.48. The van der Waals surface area contributed by atoms with E-state index in [1.165, 1.54) is 37.5 Å². The van der Waals surface area contributed by atoms with E-state index in [9.17, 15) is 8.78 Å². The number of halogens is 2. The van der Waals surface area contributed by atoms with E-state index in [-0.39, 0.29) is 11.3 Å². The third kappa shape index (κ3) is 3.23. The molecule has 0 N–H and O–H groups in total. The molecule has 1 fully saturated rings. The topological polar surface area (TPSA) is 32.3 Å². The van der Waals surface area contributed by atoms with Gasteiger partial charge in [0.05, 0.1) is 34.9 Å². The highest BCUT2D eigenvalue weighted by Gasteiger charge is 2.29. The largest absolute Gasteiger partial charge is 0.342 e. The summed E-state index contributed by atoms with van der Waals surface area (Å²) in [6.07, 6.45) is 7.59. The standard InChI is InChI=1S/C21H20F2N4/c1-14-15(2)27(17-5-3-6-17)12-11-26(14)13-16-9-10-20(25-24-16)21-18(22)7-4-8-19(21)23/h4,7-12,17H,1-3,5-6,13H2. The number of aromatic nitrogens is 2. The van der Waals surface area contributed by atoms with Crippen LogP contribution in [0.3, 0.4) is 0 Å². The van der Waals surface area contributed by atoms with Crippen molar-refractivity contribution in [2.45, 2.75) is 31.8 Å². The van der Waals surface area contributed by atoms with E-state index in [1.807, 2.05) is 17.3 Å². The first-order valence-corrected chi connectivity index (χ1v) is 8.93. The van der Waals surface area contributed by atoms with Gasteiger partial charge < -0.3 is 9.80 Å². The molecule has 0 saturated heterocycles. The van der Waals surface area contributed by atoms with Crippen molar-refractivity contribution >= 4 is 0 Å². The maximum absolute atomic E-state index is 13.9. The van der Waals surface area contributed by atoms with Crippen molar-refractivity contribution < 1.29 is 8.78 Å². The first-order chi connectivity index (χ1) is 13.0. The quantitative estimate of drug-likeness (QED) is 0.792. The molecule has 2 heterocycles. The molecule has 0 radical (unpaired) electrons. The zero-order chi connectivity index (χ0) is 19.0. The van der Waals surface area contributed by atoms with Gasteiger partial charge in [-0.25, -0.2) is 8.78 Å². The van der Waals surface area contributed by atoms with Gasteiger partial charge in [0.15, 0.2) is 0 Å². The minimum absolute atomic E-state index is 0.164. The molecule has 4 nitrogen and oxygen atoms in total. The molecule has 0 unspecified atom stereocenters. The van der Waals surface area contributed by atoms with Gasteiger partial charge in [-0.3, -0.25) is 0 Å². The lowest BCUT2D eigenvalue weighted by molar-refractivity contribution is 0.207. The highest BCUT2D eigenvalue weighted by Crippen LogP contribution is 2.33. The zero-order valence-corrected chi connectivity index (χ0v) is 14.9. The lowest BCUT2D eigenvalue weighted by Crippen LogP contribution is -2.40. The second kappa shape index (κ2) is 6.95. The molecule has 138 valence electrons. The maximum Gasteiger partial charge on any atom is 0.135 e. The lowest BCUT2D eigenvalue weighted by Gasteiger charge is -2.42. The summed E-state index contributed by atoms with van der Waals surface area (Å²) in [6.45, 7) is 8.76. The molecular weight excluding hydrogens is 346 g/mol. The average molecular weight is 366 g/mol. The molecule has 0 bridgehead atoms. The fourth-order valence-electron chi connectivity index (χ4n) is 3.30. The summed E-state index contributed by atoms with van der Waals surface area (Å²) in [5, 5.41) is 8.13. The third-order valence-electron chi connectivity index (χ3n) is 5.14. The summed E-state index contributed by atoms with van der Waals surface area (Å²) >= 11 is 0. The predicted molar refractivity (Wildman–Crippen MR) is 99.8 cm³/mol. The number of hydrogen-bond acceptors (Lipinski definition) is 4. The van der Waals surface area contributed by atoms with Gasteiger partial charge >= 0.3 is 0 Å². The van der Waals surface area contributed by atoms with Crippen molar-refractivity contribution in [3.05, 3.63) is 84.6 Å². The molecule has 1 aromatic carbocycles. The summed E-state index contributed by atoms with van der Waals surface area (Å²) in [5.74, 6) is -1.31. The Morgan fingerprint density at radius 1 is 0.963 bits per heavy atom. The van der Waals surface area contributed by atoms with Crippen molar-refractivity contribution in [2.75, 3.05) is 0 Å². The van der Waals surface area contributed by atoms with E-state index in [0.717, 1.165) is 11.4 Å². The molecule has 0 spiro atoms. The Labute approximate surface area is 157 Å². The molecule has 1 aliphatic heterocycles. The van der Waals surface area contributed by atoms with Crippen LogP contribution < -0.4 is 0 Å².